The molecule has 164 valence electrons. The van der Waals surface area contributed by atoms with Crippen LogP contribution in [0.15, 0.2) is 24.5 Å². The maximum absolute atomic E-state index is 12.7. The Hall–Kier alpha value is -2.13. The second-order valence-corrected chi connectivity index (χ2v) is 11.4. The molecule has 0 radical (unpaired) electrons. The molecule has 0 aromatic carbocycles. The number of likely N-dealkylation sites (tertiary alicyclic amines) is 1. The van der Waals surface area contributed by atoms with Crippen molar-refractivity contribution in [2.24, 2.45) is 0 Å². The van der Waals surface area contributed by atoms with Crippen LogP contribution in [0.1, 0.15) is 57.9 Å². The van der Waals surface area contributed by atoms with E-state index in [4.69, 9.17) is 4.74 Å². The molecule has 0 atom stereocenters. The topological polar surface area (TPSA) is 104 Å². The van der Waals surface area contributed by atoms with Gasteiger partial charge in [-0.2, -0.15) is 0 Å². The molecule has 8 nitrogen and oxygen atoms in total. The van der Waals surface area contributed by atoms with E-state index in [1.54, 1.807) is 27.0 Å². The van der Waals surface area contributed by atoms with E-state index in [1.165, 1.54) is 10.5 Å². The number of hydrogen-bond donors (Lipinski definition) is 2. The molecular weight excluding hydrogens is 404 g/mol. The highest BCUT2D eigenvalue weighted by molar-refractivity contribution is 7.90. The van der Waals surface area contributed by atoms with Gasteiger partial charge in [0.25, 0.3) is 0 Å². The summed E-state index contributed by atoms with van der Waals surface area (Å²) in [5.74, 6) is 0.412. The Morgan fingerprint density at radius 3 is 2.60 bits per heavy atom. The fraction of sp³-hybridized carbons (Fsp3) is 0.619. The summed E-state index contributed by atoms with van der Waals surface area (Å²) in [6, 6.07) is 3.97. The van der Waals surface area contributed by atoms with Gasteiger partial charge in [0.1, 0.15) is 16.5 Å². The minimum Gasteiger partial charge on any atom is -0.444 e. The number of aromatic nitrogens is 2. The number of nitrogens with one attached hydrogen (secondary N) is 2. The van der Waals surface area contributed by atoms with Gasteiger partial charge in [-0.25, -0.2) is 22.9 Å². The standard InChI is InChI=1S/C21H30N4O4S/c1-21(2,3)29-20(26)25-12-16(13-25)30(27,28)24-15-8-6-14(7-9-15)18-11-23-19-17(18)5-4-10-22-19/h4-5,10-11,14-16,24H,6-9,12-13H2,1-3H3,(H,22,23). The predicted molar refractivity (Wildman–Crippen MR) is 115 cm³/mol. The highest BCUT2D eigenvalue weighted by atomic mass is 32.2. The smallest absolute Gasteiger partial charge is 0.410 e. The Bertz CT molecular complexity index is 1010. The molecule has 0 bridgehead atoms. The predicted octanol–water partition coefficient (Wildman–Crippen LogP) is 3.13. The minimum absolute atomic E-state index is 0.0508. The zero-order valence-electron chi connectivity index (χ0n) is 17.7. The number of amides is 1. The van der Waals surface area contributed by atoms with Crippen molar-refractivity contribution in [3.8, 4) is 0 Å². The zero-order valence-corrected chi connectivity index (χ0v) is 18.5. The molecule has 0 unspecified atom stereocenters. The van der Waals surface area contributed by atoms with Crippen molar-refractivity contribution < 1.29 is 17.9 Å². The Morgan fingerprint density at radius 2 is 1.93 bits per heavy atom. The van der Waals surface area contributed by atoms with Crippen LogP contribution >= 0.6 is 0 Å². The van der Waals surface area contributed by atoms with Gasteiger partial charge in [0.15, 0.2) is 0 Å². The maximum atomic E-state index is 12.7. The normalized spacial score (nSPS) is 23.4. The molecule has 1 aliphatic carbocycles. The van der Waals surface area contributed by atoms with Gasteiger partial charge in [-0.1, -0.05) is 0 Å². The Morgan fingerprint density at radius 1 is 1.23 bits per heavy atom. The van der Waals surface area contributed by atoms with Crippen LogP contribution in [0.25, 0.3) is 11.0 Å². The number of nitrogens with zero attached hydrogens (tertiary/aromatic N) is 2. The van der Waals surface area contributed by atoms with Gasteiger partial charge in [-0.15, -0.1) is 0 Å². The van der Waals surface area contributed by atoms with Gasteiger partial charge in [0, 0.05) is 36.9 Å². The molecule has 2 aromatic rings. The molecule has 2 N–H and O–H groups in total. The molecule has 2 aromatic heterocycles. The van der Waals surface area contributed by atoms with Crippen LogP contribution in [0.5, 0.6) is 0 Å². The van der Waals surface area contributed by atoms with Crippen LogP contribution in [0.3, 0.4) is 0 Å². The van der Waals surface area contributed by atoms with Crippen LogP contribution in [0.4, 0.5) is 4.79 Å². The van der Waals surface area contributed by atoms with E-state index < -0.39 is 27.0 Å². The monoisotopic (exact) mass is 434 g/mol. The summed E-state index contributed by atoms with van der Waals surface area (Å²) in [4.78, 5) is 21.0. The maximum Gasteiger partial charge on any atom is 0.410 e. The van der Waals surface area contributed by atoms with Gasteiger partial charge in [0.2, 0.25) is 10.0 Å². The van der Waals surface area contributed by atoms with Crippen LogP contribution in [0, 0.1) is 0 Å². The van der Waals surface area contributed by atoms with E-state index in [0.29, 0.717) is 5.92 Å². The molecule has 3 heterocycles. The molecule has 1 saturated carbocycles. The summed E-state index contributed by atoms with van der Waals surface area (Å²) < 4.78 is 33.6. The highest BCUT2D eigenvalue weighted by Gasteiger charge is 2.42. The molecule has 1 amide bonds. The van der Waals surface area contributed by atoms with E-state index in [0.717, 1.165) is 36.7 Å². The fourth-order valence-electron chi connectivity index (χ4n) is 4.28. The highest BCUT2D eigenvalue weighted by Crippen LogP contribution is 2.36. The van der Waals surface area contributed by atoms with Crippen molar-refractivity contribution in [2.45, 2.75) is 69.3 Å². The average Bonchev–Trinajstić information content (AvgIpc) is 3.03. The summed E-state index contributed by atoms with van der Waals surface area (Å²) in [5, 5.41) is 0.584. The SMILES string of the molecule is CC(C)(C)OC(=O)N1CC(S(=O)(=O)NC2CCC(c3c[nH]c4ncccc34)CC2)C1. The van der Waals surface area contributed by atoms with E-state index >= 15 is 0 Å². The summed E-state index contributed by atoms with van der Waals surface area (Å²) >= 11 is 0. The van der Waals surface area contributed by atoms with Crippen molar-refractivity contribution >= 4 is 27.1 Å². The summed E-state index contributed by atoms with van der Waals surface area (Å²) in [5.41, 5.74) is 1.58. The first-order valence-corrected chi connectivity index (χ1v) is 12.1. The first-order valence-electron chi connectivity index (χ1n) is 10.5. The third-order valence-corrected chi connectivity index (χ3v) is 7.76. The van der Waals surface area contributed by atoms with Gasteiger partial charge in [0.05, 0.1) is 0 Å². The first-order chi connectivity index (χ1) is 14.1. The van der Waals surface area contributed by atoms with Gasteiger partial charge in [-0.05, 0) is 70.1 Å². The number of carbonyl (C=O) groups excluding carboxylic acids is 1. The Balaban J connectivity index is 1.28. The third-order valence-electron chi connectivity index (χ3n) is 5.92. The number of H-pyrrole nitrogens is 1. The number of rotatable bonds is 4. The van der Waals surface area contributed by atoms with Gasteiger partial charge >= 0.3 is 6.09 Å². The summed E-state index contributed by atoms with van der Waals surface area (Å²) in [7, 11) is -3.45. The Kier molecular flexibility index (Phi) is 5.52. The number of sulfonamides is 1. The van der Waals surface area contributed by atoms with Gasteiger partial charge in [-0.3, -0.25) is 0 Å². The summed E-state index contributed by atoms with van der Waals surface area (Å²) in [6.07, 6.45) is 6.83. The quantitative estimate of drug-likeness (QED) is 0.769. The number of carbonyl (C=O) groups is 1. The number of ether oxygens (including phenoxy) is 1. The third kappa shape index (κ3) is 4.46. The van der Waals surface area contributed by atoms with E-state index in [1.807, 2.05) is 12.3 Å². The lowest BCUT2D eigenvalue weighted by Gasteiger charge is -2.40. The van der Waals surface area contributed by atoms with Crippen molar-refractivity contribution in [2.75, 3.05) is 13.1 Å². The van der Waals surface area contributed by atoms with Crippen molar-refractivity contribution in [1.29, 1.82) is 0 Å². The van der Waals surface area contributed by atoms with Crippen molar-refractivity contribution in [1.82, 2.24) is 19.6 Å². The molecular formula is C21H30N4O4S. The first kappa shape index (κ1) is 21.1. The van der Waals surface area contributed by atoms with Crippen molar-refractivity contribution in [3.63, 3.8) is 0 Å². The van der Waals surface area contributed by atoms with E-state index in [9.17, 15) is 13.2 Å². The molecule has 2 aliphatic rings. The van der Waals surface area contributed by atoms with E-state index in [-0.39, 0.29) is 19.1 Å². The number of pyridine rings is 1. The van der Waals surface area contributed by atoms with Crippen LogP contribution in [-0.2, 0) is 14.8 Å². The van der Waals surface area contributed by atoms with Crippen molar-refractivity contribution in [3.05, 3.63) is 30.1 Å². The molecule has 4 rings (SSSR count). The van der Waals surface area contributed by atoms with E-state index in [2.05, 4.69) is 20.8 Å². The molecule has 1 aliphatic heterocycles. The van der Waals surface area contributed by atoms with Crippen LogP contribution < -0.4 is 4.72 Å². The molecule has 9 heteroatoms. The second-order valence-electron chi connectivity index (χ2n) is 9.36. The van der Waals surface area contributed by atoms with Gasteiger partial charge < -0.3 is 14.6 Å². The lowest BCUT2D eigenvalue weighted by Crippen LogP contribution is -2.61. The number of hydrogen-bond acceptors (Lipinski definition) is 5. The van der Waals surface area contributed by atoms with Crippen LogP contribution in [-0.4, -0.2) is 59.4 Å². The Labute approximate surface area is 177 Å². The lowest BCUT2D eigenvalue weighted by atomic mass is 9.82. The minimum atomic E-state index is -3.45. The fourth-order valence-corrected chi connectivity index (χ4v) is 5.92. The molecule has 1 saturated heterocycles. The molecule has 2 fully saturated rings. The number of aromatic amines is 1. The average molecular weight is 435 g/mol. The van der Waals surface area contributed by atoms with Crippen LogP contribution in [0.2, 0.25) is 0 Å². The summed E-state index contributed by atoms with van der Waals surface area (Å²) in [6.45, 7) is 5.75. The number of fused-ring (bicyclic) bond motifs is 1. The second kappa shape index (κ2) is 7.85. The molecule has 0 spiro atoms. The lowest BCUT2D eigenvalue weighted by molar-refractivity contribution is 0.0138. The zero-order chi connectivity index (χ0) is 21.5. The largest absolute Gasteiger partial charge is 0.444 e. The molecule has 30 heavy (non-hydrogen) atoms.